The van der Waals surface area contributed by atoms with E-state index in [0.717, 1.165) is 34.2 Å². The van der Waals surface area contributed by atoms with Crippen LogP contribution >= 0.6 is 0 Å². The third-order valence-electron chi connectivity index (χ3n) is 3.96. The zero-order valence-corrected chi connectivity index (χ0v) is 12.9. The number of aryl methyl sites for hydroxylation is 1. The summed E-state index contributed by atoms with van der Waals surface area (Å²) in [4.78, 5) is 0. The molecule has 0 heterocycles. The predicted octanol–water partition coefficient (Wildman–Crippen LogP) is 4.65. The average Bonchev–Trinajstić information content (AvgIpc) is 2.62. The van der Waals surface area contributed by atoms with Crippen LogP contribution in [0, 0.1) is 0 Å². The first-order chi connectivity index (χ1) is 11.3. The van der Waals surface area contributed by atoms with E-state index in [1.54, 1.807) is 0 Å². The Hall–Kier alpha value is -2.58. The Morgan fingerprint density at radius 3 is 1.61 bits per heavy atom. The van der Waals surface area contributed by atoms with E-state index in [-0.39, 0.29) is 6.61 Å². The van der Waals surface area contributed by atoms with Crippen LogP contribution in [0.15, 0.2) is 72.8 Å². The molecule has 0 aliphatic heterocycles. The maximum absolute atomic E-state index is 10.8. The largest absolute Gasteiger partial charge is 0.507 e. The van der Waals surface area contributed by atoms with Gasteiger partial charge in [-0.15, -0.1) is 0 Å². The lowest BCUT2D eigenvalue weighted by Crippen LogP contribution is -1.93. The van der Waals surface area contributed by atoms with Gasteiger partial charge in [-0.05, 0) is 41.7 Å². The molecule has 23 heavy (non-hydrogen) atoms. The van der Waals surface area contributed by atoms with Crippen LogP contribution in [-0.2, 0) is 6.42 Å². The van der Waals surface area contributed by atoms with Gasteiger partial charge in [-0.3, -0.25) is 0 Å². The van der Waals surface area contributed by atoms with Crippen LogP contribution in [0.25, 0.3) is 22.3 Å². The second-order valence-corrected chi connectivity index (χ2v) is 5.60. The lowest BCUT2D eigenvalue weighted by atomic mass is 9.93. The van der Waals surface area contributed by atoms with E-state index in [2.05, 4.69) is 0 Å². The van der Waals surface area contributed by atoms with Crippen molar-refractivity contribution in [3.63, 3.8) is 0 Å². The van der Waals surface area contributed by atoms with Crippen LogP contribution in [0.2, 0.25) is 0 Å². The first kappa shape index (κ1) is 15.3. The summed E-state index contributed by atoms with van der Waals surface area (Å²) in [5.74, 6) is 0.301. The lowest BCUT2D eigenvalue weighted by Gasteiger charge is -2.14. The topological polar surface area (TPSA) is 40.5 Å². The number of hydrogen-bond acceptors (Lipinski definition) is 2. The van der Waals surface area contributed by atoms with Gasteiger partial charge >= 0.3 is 0 Å². The molecule has 116 valence electrons. The minimum atomic E-state index is 0.169. The first-order valence-corrected chi connectivity index (χ1v) is 7.87. The highest BCUT2D eigenvalue weighted by molar-refractivity contribution is 5.82. The minimum Gasteiger partial charge on any atom is -0.507 e. The number of aromatic hydroxyl groups is 1. The molecule has 2 nitrogen and oxygen atoms in total. The number of aliphatic hydroxyl groups is 1. The molecule has 3 rings (SSSR count). The van der Waals surface area contributed by atoms with Crippen LogP contribution in [0.3, 0.4) is 0 Å². The molecule has 0 bridgehead atoms. The summed E-state index contributed by atoms with van der Waals surface area (Å²) in [6, 6.07) is 23.9. The Morgan fingerprint density at radius 2 is 1.17 bits per heavy atom. The van der Waals surface area contributed by atoms with Crippen molar-refractivity contribution in [1.82, 2.24) is 0 Å². The van der Waals surface area contributed by atoms with E-state index in [9.17, 15) is 5.11 Å². The van der Waals surface area contributed by atoms with Crippen molar-refractivity contribution in [2.24, 2.45) is 0 Å². The Labute approximate surface area is 136 Å². The molecule has 2 heteroatoms. The minimum absolute atomic E-state index is 0.169. The van der Waals surface area contributed by atoms with E-state index in [4.69, 9.17) is 5.11 Å². The average molecular weight is 304 g/mol. The molecule has 2 N–H and O–H groups in total. The molecular weight excluding hydrogens is 284 g/mol. The van der Waals surface area contributed by atoms with Crippen molar-refractivity contribution >= 4 is 0 Å². The zero-order valence-electron chi connectivity index (χ0n) is 12.9. The van der Waals surface area contributed by atoms with E-state index in [0.29, 0.717) is 12.2 Å². The molecule has 0 saturated carbocycles. The molecule has 0 amide bonds. The Bertz CT molecular complexity index is 704. The van der Waals surface area contributed by atoms with Gasteiger partial charge in [0, 0.05) is 17.7 Å². The number of benzene rings is 3. The molecule has 0 aliphatic rings. The van der Waals surface area contributed by atoms with Crippen molar-refractivity contribution < 1.29 is 10.2 Å². The molecule has 0 aliphatic carbocycles. The van der Waals surface area contributed by atoms with Crippen molar-refractivity contribution in [2.45, 2.75) is 12.8 Å². The van der Waals surface area contributed by atoms with E-state index >= 15 is 0 Å². The fraction of sp³-hybridized carbons (Fsp3) is 0.143. The zero-order chi connectivity index (χ0) is 16.1. The number of phenols is 1. The maximum Gasteiger partial charge on any atom is 0.131 e. The molecule has 0 spiro atoms. The standard InChI is InChI=1S/C21H20O2/c22-13-7-8-16-14-19(17-9-3-1-4-10-17)21(23)20(15-16)18-11-5-2-6-12-18/h1-6,9-12,14-15,22-23H,7-8,13H2. The molecule has 0 atom stereocenters. The van der Waals surface area contributed by atoms with Gasteiger partial charge in [-0.1, -0.05) is 60.7 Å². The number of hydrogen-bond donors (Lipinski definition) is 2. The van der Waals surface area contributed by atoms with Gasteiger partial charge < -0.3 is 10.2 Å². The highest BCUT2D eigenvalue weighted by atomic mass is 16.3. The van der Waals surface area contributed by atoms with E-state index in [1.807, 2.05) is 72.8 Å². The summed E-state index contributed by atoms with van der Waals surface area (Å²) in [5.41, 5.74) is 4.77. The fourth-order valence-corrected chi connectivity index (χ4v) is 2.80. The highest BCUT2D eigenvalue weighted by Crippen LogP contribution is 2.39. The van der Waals surface area contributed by atoms with Crippen molar-refractivity contribution in [2.75, 3.05) is 6.61 Å². The summed E-state index contributed by atoms with van der Waals surface area (Å²) < 4.78 is 0. The molecular formula is C21H20O2. The summed E-state index contributed by atoms with van der Waals surface area (Å²) >= 11 is 0. The second-order valence-electron chi connectivity index (χ2n) is 5.60. The summed E-state index contributed by atoms with van der Waals surface area (Å²) in [6.45, 7) is 0.169. The van der Waals surface area contributed by atoms with Crippen LogP contribution in [0.5, 0.6) is 5.75 Å². The lowest BCUT2D eigenvalue weighted by molar-refractivity contribution is 0.288. The van der Waals surface area contributed by atoms with E-state index in [1.165, 1.54) is 0 Å². The summed E-state index contributed by atoms with van der Waals surface area (Å²) in [5, 5.41) is 19.9. The smallest absolute Gasteiger partial charge is 0.131 e. The van der Waals surface area contributed by atoms with Crippen molar-refractivity contribution in [3.8, 4) is 28.0 Å². The van der Waals surface area contributed by atoms with Crippen LogP contribution in [0.1, 0.15) is 12.0 Å². The predicted molar refractivity (Wildman–Crippen MR) is 94.4 cm³/mol. The van der Waals surface area contributed by atoms with E-state index < -0.39 is 0 Å². The molecule has 0 radical (unpaired) electrons. The molecule has 0 unspecified atom stereocenters. The number of phenolic OH excluding ortho intramolecular Hbond substituents is 1. The molecule has 0 fully saturated rings. The first-order valence-electron chi connectivity index (χ1n) is 7.87. The van der Waals surface area contributed by atoms with Gasteiger partial charge in [0.2, 0.25) is 0 Å². The van der Waals surface area contributed by atoms with Gasteiger partial charge in [-0.25, -0.2) is 0 Å². The third kappa shape index (κ3) is 3.43. The molecule has 0 saturated heterocycles. The fourth-order valence-electron chi connectivity index (χ4n) is 2.80. The maximum atomic E-state index is 10.8. The Morgan fingerprint density at radius 1 is 0.696 bits per heavy atom. The van der Waals surface area contributed by atoms with Gasteiger partial charge in [-0.2, -0.15) is 0 Å². The second kappa shape index (κ2) is 7.12. The van der Waals surface area contributed by atoms with Crippen molar-refractivity contribution in [3.05, 3.63) is 78.4 Å². The van der Waals surface area contributed by atoms with Crippen molar-refractivity contribution in [1.29, 1.82) is 0 Å². The van der Waals surface area contributed by atoms with Gasteiger partial charge in [0.15, 0.2) is 0 Å². The SMILES string of the molecule is OCCCc1cc(-c2ccccc2)c(O)c(-c2ccccc2)c1. The normalized spacial score (nSPS) is 10.7. The molecule has 3 aromatic carbocycles. The van der Waals surface area contributed by atoms with Gasteiger partial charge in [0.1, 0.15) is 5.75 Å². The number of rotatable bonds is 5. The quantitative estimate of drug-likeness (QED) is 0.720. The monoisotopic (exact) mass is 304 g/mol. The Kier molecular flexibility index (Phi) is 4.74. The van der Waals surface area contributed by atoms with Crippen LogP contribution in [0.4, 0.5) is 0 Å². The Balaban J connectivity index is 2.15. The number of aliphatic hydroxyl groups excluding tert-OH is 1. The van der Waals surface area contributed by atoms with Crippen LogP contribution < -0.4 is 0 Å². The summed E-state index contributed by atoms with van der Waals surface area (Å²) in [6.07, 6.45) is 1.50. The van der Waals surface area contributed by atoms with Gasteiger partial charge in [0.05, 0.1) is 0 Å². The van der Waals surface area contributed by atoms with Crippen LogP contribution in [-0.4, -0.2) is 16.8 Å². The third-order valence-corrected chi connectivity index (χ3v) is 3.96. The molecule has 3 aromatic rings. The summed E-state index contributed by atoms with van der Waals surface area (Å²) in [7, 11) is 0. The van der Waals surface area contributed by atoms with Gasteiger partial charge in [0.25, 0.3) is 0 Å². The molecule has 0 aromatic heterocycles. The highest BCUT2D eigenvalue weighted by Gasteiger charge is 2.13.